The smallest absolute Gasteiger partial charge is 0.195 e. The van der Waals surface area contributed by atoms with E-state index in [-0.39, 0.29) is 22.2 Å². The molecule has 1 aliphatic carbocycles. The highest BCUT2D eigenvalue weighted by Crippen LogP contribution is 2.52. The van der Waals surface area contributed by atoms with Gasteiger partial charge in [-0.1, -0.05) is 18.2 Å². The topological polar surface area (TPSA) is 138 Å². The molecule has 0 spiro atoms. The minimum absolute atomic E-state index is 0.0890. The zero-order valence-electron chi connectivity index (χ0n) is 26.1. The zero-order valence-corrected chi connectivity index (χ0v) is 26.1. The van der Waals surface area contributed by atoms with Gasteiger partial charge in [-0.15, -0.1) is 0 Å². The molecular formula is C37H34O10. The molecule has 242 valence electrons. The molecule has 5 aromatic rings. The van der Waals surface area contributed by atoms with Crippen LogP contribution >= 0.6 is 0 Å². The van der Waals surface area contributed by atoms with Crippen LogP contribution in [0.15, 0.2) is 85.4 Å². The Morgan fingerprint density at radius 3 is 2.26 bits per heavy atom. The number of aryl methyl sites for hydroxylation is 4. The maximum atomic E-state index is 13.8. The molecule has 0 saturated carbocycles. The molecule has 2 bridgehead atoms. The quantitative estimate of drug-likeness (QED) is 0.235. The van der Waals surface area contributed by atoms with Crippen molar-refractivity contribution in [3.63, 3.8) is 0 Å². The Morgan fingerprint density at radius 1 is 0.766 bits per heavy atom. The van der Waals surface area contributed by atoms with Crippen molar-refractivity contribution in [1.82, 2.24) is 0 Å². The highest BCUT2D eigenvalue weighted by Gasteiger charge is 2.52. The van der Waals surface area contributed by atoms with Crippen LogP contribution in [0.3, 0.4) is 0 Å². The molecule has 4 atom stereocenters. The largest absolute Gasteiger partial charge is 0.497 e. The second-order valence-electron chi connectivity index (χ2n) is 11.8. The van der Waals surface area contributed by atoms with Crippen LogP contribution in [0.25, 0.3) is 11.0 Å². The average Bonchev–Trinajstić information content (AvgIpc) is 3.09. The summed E-state index contributed by atoms with van der Waals surface area (Å²) in [4.78, 5) is 27.2. The third-order valence-electron chi connectivity index (χ3n) is 9.20. The Bertz CT molecular complexity index is 2080. The van der Waals surface area contributed by atoms with Crippen molar-refractivity contribution in [2.75, 3.05) is 21.3 Å². The van der Waals surface area contributed by atoms with Crippen molar-refractivity contribution in [1.29, 1.82) is 0 Å². The first-order valence-corrected chi connectivity index (χ1v) is 15.4. The molecule has 4 unspecified atom stereocenters. The van der Waals surface area contributed by atoms with Gasteiger partial charge in [0.1, 0.15) is 34.7 Å². The number of fused-ring (bicyclic) bond motifs is 7. The summed E-state index contributed by atoms with van der Waals surface area (Å²) in [7, 11) is 4.64. The summed E-state index contributed by atoms with van der Waals surface area (Å²) in [5.41, 5.74) is 2.94. The molecular weight excluding hydrogens is 604 g/mol. The molecule has 0 radical (unpaired) electrons. The predicted molar refractivity (Wildman–Crippen MR) is 172 cm³/mol. The molecule has 3 aromatic carbocycles. The number of hydrogen-bond acceptors (Lipinski definition) is 10. The molecule has 0 saturated heterocycles. The number of methoxy groups -OCH3 is 3. The van der Waals surface area contributed by atoms with Gasteiger partial charge in [-0.05, 0) is 66.8 Å². The third kappa shape index (κ3) is 5.33. The Hall–Kier alpha value is -5.06. The lowest BCUT2D eigenvalue weighted by atomic mass is 9.72. The number of hydrogen-bond donors (Lipinski definition) is 2. The maximum absolute atomic E-state index is 13.8. The second-order valence-corrected chi connectivity index (χ2v) is 11.8. The average molecular weight is 639 g/mol. The SMILES string of the molecule is COc1ccc(CCc2cc(=O)c3c(o2)C(O)C2Oc4c(OC)ccc(CCc5coc6ccc(OC)cc6c5=O)c4C3C2O)cc1. The van der Waals surface area contributed by atoms with Gasteiger partial charge in [-0.3, -0.25) is 9.59 Å². The molecule has 0 fully saturated rings. The van der Waals surface area contributed by atoms with Gasteiger partial charge in [-0.25, -0.2) is 0 Å². The lowest BCUT2D eigenvalue weighted by molar-refractivity contribution is -0.0836. The van der Waals surface area contributed by atoms with Crippen molar-refractivity contribution in [3.05, 3.63) is 127 Å². The molecule has 10 heteroatoms. The summed E-state index contributed by atoms with van der Waals surface area (Å²) in [6.45, 7) is 0. The highest BCUT2D eigenvalue weighted by molar-refractivity contribution is 5.78. The monoisotopic (exact) mass is 638 g/mol. The van der Waals surface area contributed by atoms with Gasteiger partial charge < -0.3 is 38.0 Å². The first-order chi connectivity index (χ1) is 22.8. The molecule has 2 N–H and O–H groups in total. The molecule has 2 aliphatic rings. The van der Waals surface area contributed by atoms with E-state index in [1.165, 1.54) is 26.5 Å². The van der Waals surface area contributed by atoms with Gasteiger partial charge in [0.05, 0.1) is 44.5 Å². The van der Waals surface area contributed by atoms with Crippen molar-refractivity contribution in [2.45, 2.75) is 49.9 Å². The van der Waals surface area contributed by atoms with Gasteiger partial charge >= 0.3 is 0 Å². The van der Waals surface area contributed by atoms with Crippen LogP contribution in [0.5, 0.6) is 23.0 Å². The fraction of sp³-hybridized carbons (Fsp3) is 0.297. The van der Waals surface area contributed by atoms with E-state index in [4.69, 9.17) is 27.8 Å². The second kappa shape index (κ2) is 12.3. The summed E-state index contributed by atoms with van der Waals surface area (Å²) in [5.74, 6) is 1.70. The minimum Gasteiger partial charge on any atom is -0.497 e. The van der Waals surface area contributed by atoms with Gasteiger partial charge in [0, 0.05) is 23.6 Å². The lowest BCUT2D eigenvalue weighted by Gasteiger charge is -2.44. The summed E-state index contributed by atoms with van der Waals surface area (Å²) in [5, 5.41) is 23.3. The van der Waals surface area contributed by atoms with Crippen molar-refractivity contribution in [3.8, 4) is 23.0 Å². The fourth-order valence-corrected chi connectivity index (χ4v) is 6.74. The van der Waals surface area contributed by atoms with Gasteiger partial charge in [-0.2, -0.15) is 0 Å². The number of rotatable bonds is 9. The third-order valence-corrected chi connectivity index (χ3v) is 9.20. The maximum Gasteiger partial charge on any atom is 0.195 e. The van der Waals surface area contributed by atoms with E-state index in [0.29, 0.717) is 70.8 Å². The van der Waals surface area contributed by atoms with E-state index in [0.717, 1.165) is 16.9 Å². The molecule has 7 rings (SSSR count). The minimum atomic E-state index is -1.38. The predicted octanol–water partition coefficient (Wildman–Crippen LogP) is 4.64. The van der Waals surface area contributed by atoms with E-state index in [2.05, 4.69) is 0 Å². The molecule has 10 nitrogen and oxygen atoms in total. The van der Waals surface area contributed by atoms with E-state index < -0.39 is 24.2 Å². The first kappa shape index (κ1) is 30.6. The molecule has 2 aromatic heterocycles. The Morgan fingerprint density at radius 2 is 1.51 bits per heavy atom. The first-order valence-electron chi connectivity index (χ1n) is 15.4. The van der Waals surface area contributed by atoms with Crippen LogP contribution in [-0.4, -0.2) is 43.8 Å². The van der Waals surface area contributed by atoms with Crippen LogP contribution in [0.2, 0.25) is 0 Å². The molecule has 3 heterocycles. The van der Waals surface area contributed by atoms with Crippen LogP contribution < -0.4 is 29.8 Å². The molecule has 1 aliphatic heterocycles. The number of benzene rings is 3. The molecule has 0 amide bonds. The van der Waals surface area contributed by atoms with E-state index in [1.807, 2.05) is 30.3 Å². The van der Waals surface area contributed by atoms with E-state index in [9.17, 15) is 19.8 Å². The molecule has 47 heavy (non-hydrogen) atoms. The van der Waals surface area contributed by atoms with Crippen molar-refractivity contribution in [2.24, 2.45) is 0 Å². The summed E-state index contributed by atoms with van der Waals surface area (Å²) in [6.07, 6.45) is -0.534. The van der Waals surface area contributed by atoms with Crippen LogP contribution in [0.1, 0.15) is 51.4 Å². The Balaban J connectivity index is 1.25. The normalized spacial score (nSPS) is 19.4. The van der Waals surface area contributed by atoms with Gasteiger partial charge in [0.2, 0.25) is 0 Å². The summed E-state index contributed by atoms with van der Waals surface area (Å²) < 4.78 is 34.3. The van der Waals surface area contributed by atoms with Crippen molar-refractivity contribution < 1.29 is 38.0 Å². The lowest BCUT2D eigenvalue weighted by Crippen LogP contribution is -2.50. The zero-order chi connectivity index (χ0) is 32.8. The summed E-state index contributed by atoms with van der Waals surface area (Å²) >= 11 is 0. The number of ether oxygens (including phenoxy) is 4. The highest BCUT2D eigenvalue weighted by atomic mass is 16.5. The van der Waals surface area contributed by atoms with Crippen LogP contribution in [-0.2, 0) is 25.7 Å². The Labute approximate surface area is 269 Å². The van der Waals surface area contributed by atoms with E-state index >= 15 is 0 Å². The van der Waals surface area contributed by atoms with Gasteiger partial charge in [0.15, 0.2) is 34.6 Å². The van der Waals surface area contributed by atoms with Gasteiger partial charge in [0.25, 0.3) is 0 Å². The fourth-order valence-electron chi connectivity index (χ4n) is 6.74. The Kier molecular flexibility index (Phi) is 7.99. The van der Waals surface area contributed by atoms with Crippen molar-refractivity contribution >= 4 is 11.0 Å². The number of aliphatic hydroxyl groups excluding tert-OH is 2. The van der Waals surface area contributed by atoms with Crippen LogP contribution in [0, 0.1) is 0 Å². The number of aliphatic hydroxyl groups is 2. The van der Waals surface area contributed by atoms with Crippen LogP contribution in [0.4, 0.5) is 0 Å². The van der Waals surface area contributed by atoms with E-state index in [1.54, 1.807) is 31.4 Å². The standard InChI is InChI=1S/C37H34O10/c1-42-22-10-4-19(5-11-22)6-12-24-17-26(38)30-31-29-20(7-8-21-18-45-27-15-13-23(43-2)16-25(27)32(21)39)9-14-28(44-3)35(29)47-37(33(31)40)34(41)36(30)46-24/h4-5,9-11,13-18,31,33-34,37,40-41H,6-8,12H2,1-3H3. The summed E-state index contributed by atoms with van der Waals surface area (Å²) in [6, 6.07) is 17.7.